The summed E-state index contributed by atoms with van der Waals surface area (Å²) in [4.78, 5) is 14.6. The van der Waals surface area contributed by atoms with Crippen molar-refractivity contribution in [1.29, 1.82) is 0 Å². The first-order valence-electron chi connectivity index (χ1n) is 8.21. The molecule has 1 aromatic carbocycles. The van der Waals surface area contributed by atoms with Gasteiger partial charge >= 0.3 is 0 Å². The van der Waals surface area contributed by atoms with Crippen LogP contribution < -0.4 is 5.32 Å². The molecule has 2 atom stereocenters. The molecule has 1 N–H and O–H groups in total. The molecular weight excluding hydrogens is 342 g/mol. The molecule has 0 spiro atoms. The molecule has 1 aliphatic heterocycles. The topological polar surface area (TPSA) is 79.0 Å². The monoisotopic (exact) mass is 369 g/mol. The van der Waals surface area contributed by atoms with E-state index in [0.29, 0.717) is 18.8 Å². The molecule has 140 valence electrons. The van der Waals surface area contributed by atoms with Crippen LogP contribution in [0.2, 0.25) is 0 Å². The first kappa shape index (κ1) is 19.8. The van der Waals surface area contributed by atoms with Gasteiger partial charge in [-0.05, 0) is 31.8 Å². The van der Waals surface area contributed by atoms with Gasteiger partial charge in [0.25, 0.3) is 5.91 Å². The Morgan fingerprint density at radius 3 is 2.60 bits per heavy atom. The standard InChI is InChI=1S/C17H27N3O4S/c1-19(2)9-13-6-5-7-14(8-13)17(21)18-16-11-24-10-15(16)12-25(22,23)20(3)4/h5-8,15-16H,9-12H2,1-4H3,(H,18,21)/t15-,16+/m0/s1. The molecule has 25 heavy (non-hydrogen) atoms. The van der Waals surface area contributed by atoms with E-state index in [1.54, 1.807) is 6.07 Å². The summed E-state index contributed by atoms with van der Waals surface area (Å²) in [6, 6.07) is 7.14. The Hall–Kier alpha value is -1.48. The lowest BCUT2D eigenvalue weighted by Crippen LogP contribution is -2.43. The first-order chi connectivity index (χ1) is 11.7. The van der Waals surface area contributed by atoms with E-state index in [0.717, 1.165) is 12.1 Å². The average Bonchev–Trinajstić information content (AvgIpc) is 2.93. The lowest BCUT2D eigenvalue weighted by molar-refractivity contribution is 0.0926. The van der Waals surface area contributed by atoms with Crippen LogP contribution in [-0.4, -0.2) is 76.7 Å². The second-order valence-corrected chi connectivity index (χ2v) is 9.10. The molecule has 1 aliphatic rings. The average molecular weight is 369 g/mol. The van der Waals surface area contributed by atoms with Crippen molar-refractivity contribution in [3.8, 4) is 0 Å². The van der Waals surface area contributed by atoms with Crippen LogP contribution in [-0.2, 0) is 21.3 Å². The summed E-state index contributed by atoms with van der Waals surface area (Å²) >= 11 is 0. The molecule has 0 radical (unpaired) electrons. The van der Waals surface area contributed by atoms with Crippen molar-refractivity contribution in [2.24, 2.45) is 5.92 Å². The highest BCUT2D eigenvalue weighted by molar-refractivity contribution is 7.89. The molecular formula is C17H27N3O4S. The van der Waals surface area contributed by atoms with Crippen LogP contribution in [0.4, 0.5) is 0 Å². The number of amides is 1. The van der Waals surface area contributed by atoms with Crippen LogP contribution >= 0.6 is 0 Å². The maximum absolute atomic E-state index is 12.5. The second-order valence-electron chi connectivity index (χ2n) is 6.88. The number of carbonyl (C=O) groups is 1. The van der Waals surface area contributed by atoms with Gasteiger partial charge in [0.15, 0.2) is 0 Å². The van der Waals surface area contributed by atoms with Crippen LogP contribution in [0.25, 0.3) is 0 Å². The van der Waals surface area contributed by atoms with Gasteiger partial charge < -0.3 is 15.0 Å². The Morgan fingerprint density at radius 1 is 1.24 bits per heavy atom. The van der Waals surface area contributed by atoms with E-state index in [1.165, 1.54) is 18.4 Å². The normalized spacial score (nSPS) is 21.0. The predicted octanol–water partition coefficient (Wildman–Crippen LogP) is 0.384. The van der Waals surface area contributed by atoms with Gasteiger partial charge in [-0.3, -0.25) is 4.79 Å². The zero-order valence-electron chi connectivity index (χ0n) is 15.2. The molecule has 1 heterocycles. The van der Waals surface area contributed by atoms with E-state index >= 15 is 0 Å². The van der Waals surface area contributed by atoms with Gasteiger partial charge in [-0.25, -0.2) is 12.7 Å². The molecule has 1 amide bonds. The predicted molar refractivity (Wildman–Crippen MR) is 96.9 cm³/mol. The van der Waals surface area contributed by atoms with Gasteiger partial charge in [0, 0.05) is 32.1 Å². The van der Waals surface area contributed by atoms with Crippen LogP contribution in [0.1, 0.15) is 15.9 Å². The van der Waals surface area contributed by atoms with Crippen molar-refractivity contribution in [1.82, 2.24) is 14.5 Å². The maximum Gasteiger partial charge on any atom is 0.251 e. The van der Waals surface area contributed by atoms with Gasteiger partial charge in [-0.15, -0.1) is 0 Å². The molecule has 0 saturated carbocycles. The van der Waals surface area contributed by atoms with E-state index in [-0.39, 0.29) is 23.6 Å². The summed E-state index contributed by atoms with van der Waals surface area (Å²) in [5.74, 6) is -0.490. The summed E-state index contributed by atoms with van der Waals surface area (Å²) in [5.41, 5.74) is 1.62. The Bertz CT molecular complexity index is 704. The lowest BCUT2D eigenvalue weighted by atomic mass is 10.0. The van der Waals surface area contributed by atoms with E-state index in [4.69, 9.17) is 4.74 Å². The van der Waals surface area contributed by atoms with Crippen molar-refractivity contribution >= 4 is 15.9 Å². The lowest BCUT2D eigenvalue weighted by Gasteiger charge is -2.21. The zero-order valence-corrected chi connectivity index (χ0v) is 16.0. The van der Waals surface area contributed by atoms with Crippen molar-refractivity contribution in [2.75, 3.05) is 47.2 Å². The van der Waals surface area contributed by atoms with Crippen LogP contribution in [0, 0.1) is 5.92 Å². The number of hydrogen-bond acceptors (Lipinski definition) is 5. The Balaban J connectivity index is 2.04. The maximum atomic E-state index is 12.5. The van der Waals surface area contributed by atoms with Crippen LogP contribution in [0.15, 0.2) is 24.3 Å². The number of carbonyl (C=O) groups excluding carboxylic acids is 1. The molecule has 0 unspecified atom stereocenters. The molecule has 0 bridgehead atoms. The summed E-state index contributed by atoms with van der Waals surface area (Å²) in [6.45, 7) is 1.41. The highest BCUT2D eigenvalue weighted by atomic mass is 32.2. The first-order valence-corrected chi connectivity index (χ1v) is 9.82. The molecule has 7 nitrogen and oxygen atoms in total. The van der Waals surface area contributed by atoms with Crippen molar-refractivity contribution < 1.29 is 17.9 Å². The number of ether oxygens (including phenoxy) is 1. The minimum Gasteiger partial charge on any atom is -0.379 e. The van der Waals surface area contributed by atoms with E-state index in [9.17, 15) is 13.2 Å². The van der Waals surface area contributed by atoms with E-state index in [1.807, 2.05) is 37.2 Å². The number of nitrogens with zero attached hydrogens (tertiary/aromatic N) is 2. The fourth-order valence-electron chi connectivity index (χ4n) is 2.77. The van der Waals surface area contributed by atoms with Crippen molar-refractivity contribution in [3.05, 3.63) is 35.4 Å². The van der Waals surface area contributed by atoms with Crippen molar-refractivity contribution in [2.45, 2.75) is 12.6 Å². The number of nitrogens with one attached hydrogen (secondary N) is 1. The number of rotatable bonds is 7. The van der Waals surface area contributed by atoms with Gasteiger partial charge in [-0.2, -0.15) is 0 Å². The molecule has 1 fully saturated rings. The summed E-state index contributed by atoms with van der Waals surface area (Å²) < 4.78 is 30.8. The summed E-state index contributed by atoms with van der Waals surface area (Å²) in [6.07, 6.45) is 0. The summed E-state index contributed by atoms with van der Waals surface area (Å²) in [5, 5.41) is 2.93. The van der Waals surface area contributed by atoms with Crippen molar-refractivity contribution in [3.63, 3.8) is 0 Å². The third-order valence-electron chi connectivity index (χ3n) is 4.18. The minimum atomic E-state index is -3.34. The fraction of sp³-hybridized carbons (Fsp3) is 0.588. The van der Waals surface area contributed by atoms with Gasteiger partial charge in [0.05, 0.1) is 25.0 Å². The van der Waals surface area contributed by atoms with E-state index < -0.39 is 10.0 Å². The second kappa shape index (κ2) is 8.27. The molecule has 0 aromatic heterocycles. The minimum absolute atomic E-state index is 0.0361. The number of benzene rings is 1. The summed E-state index contributed by atoms with van der Waals surface area (Å²) in [7, 11) is 3.62. The molecule has 1 saturated heterocycles. The largest absolute Gasteiger partial charge is 0.379 e. The Morgan fingerprint density at radius 2 is 1.96 bits per heavy atom. The quantitative estimate of drug-likeness (QED) is 0.752. The fourth-order valence-corrected chi connectivity index (χ4v) is 3.94. The van der Waals surface area contributed by atoms with Gasteiger partial charge in [-0.1, -0.05) is 12.1 Å². The molecule has 0 aliphatic carbocycles. The third-order valence-corrected chi connectivity index (χ3v) is 6.15. The highest BCUT2D eigenvalue weighted by Crippen LogP contribution is 2.18. The molecule has 2 rings (SSSR count). The SMILES string of the molecule is CN(C)Cc1cccc(C(=O)N[C@@H]2COC[C@H]2CS(=O)(=O)N(C)C)c1. The number of sulfonamides is 1. The Kier molecular flexibility index (Phi) is 6.56. The Labute approximate surface area is 150 Å². The van der Waals surface area contributed by atoms with Gasteiger partial charge in [0.2, 0.25) is 10.0 Å². The smallest absolute Gasteiger partial charge is 0.251 e. The van der Waals surface area contributed by atoms with E-state index in [2.05, 4.69) is 5.32 Å². The molecule has 8 heteroatoms. The zero-order chi connectivity index (χ0) is 18.6. The molecule has 1 aromatic rings. The number of hydrogen-bond donors (Lipinski definition) is 1. The van der Waals surface area contributed by atoms with Crippen LogP contribution in [0.5, 0.6) is 0 Å². The van der Waals surface area contributed by atoms with Crippen LogP contribution in [0.3, 0.4) is 0 Å². The van der Waals surface area contributed by atoms with Gasteiger partial charge in [0.1, 0.15) is 0 Å². The third kappa shape index (κ3) is 5.50. The highest BCUT2D eigenvalue weighted by Gasteiger charge is 2.34.